The number of hydrogen-bond donors (Lipinski definition) is 0. The molecule has 0 radical (unpaired) electrons. The fourth-order valence-electron chi connectivity index (χ4n) is 4.32. The Bertz CT molecular complexity index is 1060. The maximum atomic E-state index is 12.2. The lowest BCUT2D eigenvalue weighted by Gasteiger charge is -2.32. The highest BCUT2D eigenvalue weighted by Gasteiger charge is 2.24. The molecule has 2 fully saturated rings. The van der Waals surface area contributed by atoms with Crippen LogP contribution in [0, 0.1) is 5.92 Å². The molecular weight excluding hydrogens is 364 g/mol. The Hall–Kier alpha value is -2.60. The van der Waals surface area contributed by atoms with Crippen molar-refractivity contribution < 1.29 is 4.74 Å². The zero-order valence-corrected chi connectivity index (χ0v) is 17.0. The normalized spacial score (nSPS) is 18.4. The highest BCUT2D eigenvalue weighted by Crippen LogP contribution is 2.34. The lowest BCUT2D eigenvalue weighted by molar-refractivity contribution is 0.0976. The van der Waals surface area contributed by atoms with Gasteiger partial charge in [0.15, 0.2) is 0 Å². The van der Waals surface area contributed by atoms with Gasteiger partial charge in [-0.25, -0.2) is 4.68 Å². The fraction of sp³-hybridized carbons (Fsp3) is 0.478. The molecule has 3 heterocycles. The number of likely N-dealkylation sites (tertiary alicyclic amines) is 1. The van der Waals surface area contributed by atoms with Gasteiger partial charge in [0.1, 0.15) is 11.9 Å². The smallest absolute Gasteiger partial charge is 0.270 e. The van der Waals surface area contributed by atoms with Crippen molar-refractivity contribution in [1.82, 2.24) is 19.2 Å². The van der Waals surface area contributed by atoms with Crippen LogP contribution in [0.3, 0.4) is 0 Å². The van der Waals surface area contributed by atoms with E-state index < -0.39 is 0 Å². The van der Waals surface area contributed by atoms with E-state index in [4.69, 9.17) is 4.74 Å². The molecule has 0 atom stereocenters. The van der Waals surface area contributed by atoms with E-state index in [1.807, 2.05) is 6.07 Å². The molecule has 1 aromatic carbocycles. The second kappa shape index (κ2) is 7.67. The van der Waals surface area contributed by atoms with Crippen LogP contribution in [-0.2, 0) is 20.1 Å². The summed E-state index contributed by atoms with van der Waals surface area (Å²) in [6.45, 7) is 3.69. The Morgan fingerprint density at radius 2 is 1.93 bits per heavy atom. The van der Waals surface area contributed by atoms with Gasteiger partial charge < -0.3 is 9.30 Å². The van der Waals surface area contributed by atoms with Crippen LogP contribution in [0.2, 0.25) is 0 Å². The van der Waals surface area contributed by atoms with E-state index in [0.29, 0.717) is 6.54 Å². The number of rotatable bonds is 6. The summed E-state index contributed by atoms with van der Waals surface area (Å²) in [5.41, 5.74) is 2.08. The molecule has 1 aliphatic carbocycles. The highest BCUT2D eigenvalue weighted by molar-refractivity contribution is 5.86. The van der Waals surface area contributed by atoms with Gasteiger partial charge in [0.05, 0.1) is 5.52 Å². The van der Waals surface area contributed by atoms with E-state index in [-0.39, 0.29) is 11.7 Å². The summed E-state index contributed by atoms with van der Waals surface area (Å²) in [5.74, 6) is 1.86. The first-order chi connectivity index (χ1) is 14.2. The van der Waals surface area contributed by atoms with Gasteiger partial charge in [0.25, 0.3) is 5.56 Å². The molecular formula is C23H28N4O2. The predicted octanol–water partition coefficient (Wildman–Crippen LogP) is 3.19. The number of aryl methyl sites for hydroxylation is 1. The molecule has 1 aliphatic heterocycles. The van der Waals surface area contributed by atoms with Crippen molar-refractivity contribution in [3.05, 3.63) is 58.6 Å². The molecule has 0 bridgehead atoms. The molecule has 6 heteroatoms. The fourth-order valence-corrected chi connectivity index (χ4v) is 4.32. The van der Waals surface area contributed by atoms with E-state index in [1.54, 1.807) is 13.2 Å². The van der Waals surface area contributed by atoms with E-state index in [0.717, 1.165) is 49.7 Å². The minimum atomic E-state index is -0.00624. The summed E-state index contributed by atoms with van der Waals surface area (Å²) in [5, 5.41) is 5.22. The lowest BCUT2D eigenvalue weighted by Crippen LogP contribution is -2.39. The van der Waals surface area contributed by atoms with Crippen LogP contribution < -0.4 is 10.3 Å². The molecule has 29 heavy (non-hydrogen) atoms. The molecule has 3 aromatic rings. The van der Waals surface area contributed by atoms with Crippen molar-refractivity contribution in [2.45, 2.75) is 44.9 Å². The molecule has 0 unspecified atom stereocenters. The molecule has 0 N–H and O–H groups in total. The summed E-state index contributed by atoms with van der Waals surface area (Å²) in [4.78, 5) is 14.5. The van der Waals surface area contributed by atoms with Gasteiger partial charge in [-0.2, -0.15) is 5.10 Å². The van der Waals surface area contributed by atoms with Crippen molar-refractivity contribution >= 4 is 10.9 Å². The maximum Gasteiger partial charge on any atom is 0.270 e. The third-order valence-electron chi connectivity index (χ3n) is 6.23. The zero-order valence-electron chi connectivity index (χ0n) is 17.0. The predicted molar refractivity (Wildman–Crippen MR) is 113 cm³/mol. The number of fused-ring (bicyclic) bond motifs is 1. The van der Waals surface area contributed by atoms with E-state index in [2.05, 4.69) is 45.0 Å². The van der Waals surface area contributed by atoms with Gasteiger partial charge >= 0.3 is 0 Å². The standard InChI is InChI=1S/C23H28N4O2/c1-25-23(28)18(7-11-24-25)16-26-12-8-19(9-13-26)29-22-4-2-3-21-20(22)10-14-27(21)15-17-5-6-17/h2-4,7,10-11,14,17,19H,5-6,8-9,12-13,15-16H2,1H3. The molecule has 0 spiro atoms. The number of nitrogens with zero attached hydrogens (tertiary/aromatic N) is 4. The first-order valence-corrected chi connectivity index (χ1v) is 10.7. The number of ether oxygens (including phenoxy) is 1. The monoisotopic (exact) mass is 392 g/mol. The van der Waals surface area contributed by atoms with Crippen LogP contribution in [0.1, 0.15) is 31.2 Å². The molecule has 1 saturated carbocycles. The van der Waals surface area contributed by atoms with Crippen LogP contribution in [0.5, 0.6) is 5.75 Å². The van der Waals surface area contributed by atoms with Gasteiger partial charge in [-0.1, -0.05) is 6.07 Å². The zero-order chi connectivity index (χ0) is 19.8. The second-order valence-corrected chi connectivity index (χ2v) is 8.48. The van der Waals surface area contributed by atoms with Gasteiger partial charge in [-0.05, 0) is 55.9 Å². The Morgan fingerprint density at radius 3 is 2.72 bits per heavy atom. The molecule has 6 nitrogen and oxygen atoms in total. The minimum absolute atomic E-state index is 0.00624. The average molecular weight is 393 g/mol. The molecule has 5 rings (SSSR count). The van der Waals surface area contributed by atoms with Crippen LogP contribution in [-0.4, -0.2) is 38.4 Å². The lowest BCUT2D eigenvalue weighted by atomic mass is 10.1. The molecule has 2 aromatic heterocycles. The number of aromatic nitrogens is 3. The van der Waals surface area contributed by atoms with Crippen LogP contribution in [0.25, 0.3) is 10.9 Å². The number of benzene rings is 1. The van der Waals surface area contributed by atoms with Gasteiger partial charge in [0.2, 0.25) is 0 Å². The number of hydrogen-bond acceptors (Lipinski definition) is 4. The summed E-state index contributed by atoms with van der Waals surface area (Å²) >= 11 is 0. The summed E-state index contributed by atoms with van der Waals surface area (Å²) in [7, 11) is 1.70. The van der Waals surface area contributed by atoms with Crippen LogP contribution in [0.15, 0.2) is 47.5 Å². The Morgan fingerprint density at radius 1 is 1.10 bits per heavy atom. The van der Waals surface area contributed by atoms with E-state index in [9.17, 15) is 4.79 Å². The third kappa shape index (κ3) is 3.94. The molecule has 2 aliphatic rings. The third-order valence-corrected chi connectivity index (χ3v) is 6.23. The first-order valence-electron chi connectivity index (χ1n) is 10.7. The quantitative estimate of drug-likeness (QED) is 0.647. The van der Waals surface area contributed by atoms with Crippen molar-refractivity contribution in [1.29, 1.82) is 0 Å². The largest absolute Gasteiger partial charge is 0.490 e. The molecule has 1 saturated heterocycles. The second-order valence-electron chi connectivity index (χ2n) is 8.48. The van der Waals surface area contributed by atoms with Gasteiger partial charge in [-0.15, -0.1) is 0 Å². The van der Waals surface area contributed by atoms with Crippen molar-refractivity contribution in [3.8, 4) is 5.75 Å². The SMILES string of the molecule is Cn1nccc(CN2CCC(Oc3cccc4c3ccn4CC3CC3)CC2)c1=O. The Kier molecular flexibility index (Phi) is 4.87. The maximum absolute atomic E-state index is 12.2. The van der Waals surface area contributed by atoms with Gasteiger partial charge in [0, 0.05) is 56.6 Å². The minimum Gasteiger partial charge on any atom is -0.490 e. The van der Waals surface area contributed by atoms with Crippen molar-refractivity contribution in [3.63, 3.8) is 0 Å². The summed E-state index contributed by atoms with van der Waals surface area (Å²) in [6, 6.07) is 10.4. The first kappa shape index (κ1) is 18.4. The van der Waals surface area contributed by atoms with Crippen molar-refractivity contribution in [2.24, 2.45) is 13.0 Å². The van der Waals surface area contributed by atoms with E-state index >= 15 is 0 Å². The average Bonchev–Trinajstić information content (AvgIpc) is 3.45. The summed E-state index contributed by atoms with van der Waals surface area (Å²) in [6.07, 6.45) is 8.80. The summed E-state index contributed by atoms with van der Waals surface area (Å²) < 4.78 is 10.2. The Labute approximate surface area is 170 Å². The van der Waals surface area contributed by atoms with Crippen LogP contribution >= 0.6 is 0 Å². The number of piperidine rings is 1. The topological polar surface area (TPSA) is 52.3 Å². The highest BCUT2D eigenvalue weighted by atomic mass is 16.5. The van der Waals surface area contributed by atoms with E-state index in [1.165, 1.54) is 28.4 Å². The molecule has 0 amide bonds. The van der Waals surface area contributed by atoms with Crippen LogP contribution in [0.4, 0.5) is 0 Å². The van der Waals surface area contributed by atoms with Gasteiger partial charge in [-0.3, -0.25) is 9.69 Å². The Balaban J connectivity index is 1.22. The van der Waals surface area contributed by atoms with Crippen molar-refractivity contribution in [2.75, 3.05) is 13.1 Å². The molecule has 152 valence electrons.